The van der Waals surface area contributed by atoms with Crippen LogP contribution in [0, 0.1) is 5.82 Å². The normalized spacial score (nSPS) is 20.1. The number of benzene rings is 1. The van der Waals surface area contributed by atoms with Crippen LogP contribution in [0.15, 0.2) is 18.2 Å². The van der Waals surface area contributed by atoms with Crippen LogP contribution in [0.4, 0.5) is 4.39 Å². The molecule has 1 aliphatic heterocycles. The predicted octanol–water partition coefficient (Wildman–Crippen LogP) is 1.85. The van der Waals surface area contributed by atoms with Gasteiger partial charge in [0.2, 0.25) is 5.91 Å². The molecule has 92 valence electrons. The van der Waals surface area contributed by atoms with Crippen molar-refractivity contribution in [2.75, 3.05) is 6.54 Å². The SMILES string of the molecule is O=C1NCCCC1NCc1cc(F)cc(Cl)c1. The number of carbonyl (C=O) groups excluding carboxylic acids is 1. The maximum atomic E-state index is 13.1. The number of hydrogen-bond acceptors (Lipinski definition) is 2. The summed E-state index contributed by atoms with van der Waals surface area (Å²) >= 11 is 5.75. The molecule has 1 atom stereocenters. The Bertz CT molecular complexity index is 405. The summed E-state index contributed by atoms with van der Waals surface area (Å²) in [6.07, 6.45) is 1.78. The highest BCUT2D eigenvalue weighted by molar-refractivity contribution is 6.30. The minimum atomic E-state index is -0.359. The van der Waals surface area contributed by atoms with E-state index in [4.69, 9.17) is 11.6 Å². The number of carbonyl (C=O) groups is 1. The van der Waals surface area contributed by atoms with Gasteiger partial charge in [-0.3, -0.25) is 4.79 Å². The second kappa shape index (κ2) is 5.47. The van der Waals surface area contributed by atoms with Gasteiger partial charge in [0.05, 0.1) is 6.04 Å². The minimum Gasteiger partial charge on any atom is -0.355 e. The zero-order valence-corrected chi connectivity index (χ0v) is 10.1. The lowest BCUT2D eigenvalue weighted by atomic mass is 10.1. The van der Waals surface area contributed by atoms with E-state index < -0.39 is 0 Å². The fourth-order valence-electron chi connectivity index (χ4n) is 1.92. The van der Waals surface area contributed by atoms with Crippen molar-refractivity contribution in [2.45, 2.75) is 25.4 Å². The fourth-order valence-corrected chi connectivity index (χ4v) is 2.17. The lowest BCUT2D eigenvalue weighted by Crippen LogP contribution is -2.47. The van der Waals surface area contributed by atoms with E-state index >= 15 is 0 Å². The quantitative estimate of drug-likeness (QED) is 0.867. The number of nitrogens with one attached hydrogen (secondary N) is 2. The van der Waals surface area contributed by atoms with Gasteiger partial charge in [0.1, 0.15) is 5.82 Å². The molecule has 17 heavy (non-hydrogen) atoms. The summed E-state index contributed by atoms with van der Waals surface area (Å²) in [5.74, 6) is -0.346. The molecule has 0 radical (unpaired) electrons. The van der Waals surface area contributed by atoms with E-state index in [-0.39, 0.29) is 17.8 Å². The summed E-state index contributed by atoms with van der Waals surface area (Å²) in [7, 11) is 0. The molecule has 1 amide bonds. The molecule has 1 aliphatic rings. The monoisotopic (exact) mass is 256 g/mol. The molecular formula is C12H14ClFN2O. The Balaban J connectivity index is 1.94. The maximum Gasteiger partial charge on any atom is 0.237 e. The second-order valence-electron chi connectivity index (χ2n) is 4.14. The first-order valence-corrected chi connectivity index (χ1v) is 5.99. The third-order valence-corrected chi connectivity index (χ3v) is 2.98. The highest BCUT2D eigenvalue weighted by Crippen LogP contribution is 2.14. The Hall–Kier alpha value is -1.13. The Morgan fingerprint density at radius 2 is 2.29 bits per heavy atom. The Labute approximate surface area is 104 Å². The van der Waals surface area contributed by atoms with Gasteiger partial charge in [-0.15, -0.1) is 0 Å². The van der Waals surface area contributed by atoms with Crippen molar-refractivity contribution >= 4 is 17.5 Å². The molecule has 0 aromatic heterocycles. The van der Waals surface area contributed by atoms with Crippen LogP contribution in [0.1, 0.15) is 18.4 Å². The highest BCUT2D eigenvalue weighted by Gasteiger charge is 2.20. The molecule has 1 unspecified atom stereocenters. The fraction of sp³-hybridized carbons (Fsp3) is 0.417. The smallest absolute Gasteiger partial charge is 0.237 e. The number of halogens is 2. The van der Waals surface area contributed by atoms with Crippen LogP contribution in [0.2, 0.25) is 5.02 Å². The average Bonchev–Trinajstić information content (AvgIpc) is 2.27. The Morgan fingerprint density at radius 3 is 3.00 bits per heavy atom. The topological polar surface area (TPSA) is 41.1 Å². The van der Waals surface area contributed by atoms with Gasteiger partial charge in [0, 0.05) is 18.1 Å². The molecule has 0 spiro atoms. The summed E-state index contributed by atoms with van der Waals surface area (Å²) in [5.41, 5.74) is 0.744. The van der Waals surface area contributed by atoms with Gasteiger partial charge in [0.15, 0.2) is 0 Å². The van der Waals surface area contributed by atoms with Crippen LogP contribution in [0.25, 0.3) is 0 Å². The second-order valence-corrected chi connectivity index (χ2v) is 4.58. The van der Waals surface area contributed by atoms with E-state index in [0.29, 0.717) is 11.6 Å². The summed E-state index contributed by atoms with van der Waals surface area (Å²) in [4.78, 5) is 11.5. The molecule has 0 saturated carbocycles. The summed E-state index contributed by atoms with van der Waals surface area (Å²) in [6, 6.07) is 4.18. The van der Waals surface area contributed by atoms with E-state index in [1.165, 1.54) is 12.1 Å². The molecule has 2 rings (SSSR count). The average molecular weight is 257 g/mol. The number of rotatable bonds is 3. The largest absolute Gasteiger partial charge is 0.355 e. The molecular weight excluding hydrogens is 243 g/mol. The van der Waals surface area contributed by atoms with Gasteiger partial charge in [-0.25, -0.2) is 4.39 Å². The Kier molecular flexibility index (Phi) is 3.97. The molecule has 5 heteroatoms. The first kappa shape index (κ1) is 12.3. The van der Waals surface area contributed by atoms with Crippen molar-refractivity contribution in [1.82, 2.24) is 10.6 Å². The van der Waals surface area contributed by atoms with Crippen LogP contribution < -0.4 is 10.6 Å². The summed E-state index contributed by atoms with van der Waals surface area (Å²) < 4.78 is 13.1. The van der Waals surface area contributed by atoms with E-state index in [1.54, 1.807) is 6.07 Å². The van der Waals surface area contributed by atoms with Gasteiger partial charge >= 0.3 is 0 Å². The highest BCUT2D eigenvalue weighted by atomic mass is 35.5. The van der Waals surface area contributed by atoms with Gasteiger partial charge in [-0.1, -0.05) is 11.6 Å². The van der Waals surface area contributed by atoms with Crippen molar-refractivity contribution in [3.8, 4) is 0 Å². The zero-order valence-electron chi connectivity index (χ0n) is 9.30. The van der Waals surface area contributed by atoms with Crippen LogP contribution in [-0.2, 0) is 11.3 Å². The third kappa shape index (κ3) is 3.41. The van der Waals surface area contributed by atoms with E-state index in [2.05, 4.69) is 10.6 Å². The van der Waals surface area contributed by atoms with Gasteiger partial charge in [-0.2, -0.15) is 0 Å². The molecule has 1 heterocycles. The van der Waals surface area contributed by atoms with Crippen molar-refractivity contribution in [3.63, 3.8) is 0 Å². The van der Waals surface area contributed by atoms with Crippen molar-refractivity contribution in [1.29, 1.82) is 0 Å². The Morgan fingerprint density at radius 1 is 1.47 bits per heavy atom. The zero-order chi connectivity index (χ0) is 12.3. The standard InChI is InChI=1S/C12H14ClFN2O/c13-9-4-8(5-10(14)6-9)7-16-11-2-1-3-15-12(11)17/h4-6,11,16H,1-3,7H2,(H,15,17). The molecule has 1 aromatic rings. The van der Waals surface area contributed by atoms with E-state index in [9.17, 15) is 9.18 Å². The molecule has 0 aliphatic carbocycles. The maximum absolute atomic E-state index is 13.1. The molecule has 1 fully saturated rings. The van der Waals surface area contributed by atoms with Gasteiger partial charge in [-0.05, 0) is 36.6 Å². The lowest BCUT2D eigenvalue weighted by Gasteiger charge is -2.22. The van der Waals surface area contributed by atoms with Crippen molar-refractivity contribution < 1.29 is 9.18 Å². The molecule has 2 N–H and O–H groups in total. The van der Waals surface area contributed by atoms with E-state index in [1.807, 2.05) is 0 Å². The van der Waals surface area contributed by atoms with E-state index in [0.717, 1.165) is 24.9 Å². The molecule has 3 nitrogen and oxygen atoms in total. The number of piperidine rings is 1. The number of amides is 1. The van der Waals surface area contributed by atoms with Gasteiger partial charge < -0.3 is 10.6 Å². The van der Waals surface area contributed by atoms with Gasteiger partial charge in [0.25, 0.3) is 0 Å². The first-order chi connectivity index (χ1) is 8.15. The lowest BCUT2D eigenvalue weighted by molar-refractivity contribution is -0.124. The predicted molar refractivity (Wildman–Crippen MR) is 64.3 cm³/mol. The minimum absolute atomic E-state index is 0.0127. The van der Waals surface area contributed by atoms with Crippen molar-refractivity contribution in [3.05, 3.63) is 34.6 Å². The van der Waals surface area contributed by atoms with Crippen molar-refractivity contribution in [2.24, 2.45) is 0 Å². The molecule has 1 aromatic carbocycles. The van der Waals surface area contributed by atoms with Crippen LogP contribution in [0.3, 0.4) is 0 Å². The first-order valence-electron chi connectivity index (χ1n) is 5.61. The summed E-state index contributed by atoms with van der Waals surface area (Å²) in [6.45, 7) is 1.18. The number of hydrogen-bond donors (Lipinski definition) is 2. The molecule has 0 bridgehead atoms. The molecule has 1 saturated heterocycles. The van der Waals surface area contributed by atoms with Crippen LogP contribution >= 0.6 is 11.6 Å². The third-order valence-electron chi connectivity index (χ3n) is 2.76. The summed E-state index contributed by atoms with van der Waals surface area (Å²) in [5, 5.41) is 6.26. The van der Waals surface area contributed by atoms with Crippen LogP contribution in [-0.4, -0.2) is 18.5 Å². The van der Waals surface area contributed by atoms with Crippen LogP contribution in [0.5, 0.6) is 0 Å².